The highest BCUT2D eigenvalue weighted by Crippen LogP contribution is 2.47. The summed E-state index contributed by atoms with van der Waals surface area (Å²) >= 11 is 0. The zero-order chi connectivity index (χ0) is 58.3. The molecule has 5 amide bonds. The van der Waals surface area contributed by atoms with Crippen molar-refractivity contribution in [1.82, 2.24) is 20.2 Å². The van der Waals surface area contributed by atoms with Crippen molar-refractivity contribution in [2.45, 2.75) is 88.1 Å². The lowest BCUT2D eigenvalue weighted by molar-refractivity contribution is -0.197. The maximum Gasteiger partial charge on any atom is 0.334 e. The molecular formula is C48H63N6O20PS5. The number of rotatable bonds is 28. The van der Waals surface area contributed by atoms with Crippen LogP contribution in [0, 0.1) is 0 Å². The van der Waals surface area contributed by atoms with E-state index in [-0.39, 0.29) is 134 Å². The van der Waals surface area contributed by atoms with Crippen LogP contribution in [0.15, 0.2) is 48.6 Å². The Morgan fingerprint density at radius 2 is 1.25 bits per heavy atom. The molecule has 5 atom stereocenters. The number of ether oxygens (including phenoxy) is 4. The van der Waals surface area contributed by atoms with Gasteiger partial charge in [-0.25, -0.2) is 38.4 Å². The molecule has 3 saturated heterocycles. The highest BCUT2D eigenvalue weighted by Gasteiger charge is 2.44. The maximum absolute atomic E-state index is 15.0. The van der Waals surface area contributed by atoms with Crippen molar-refractivity contribution in [3.05, 3.63) is 59.7 Å². The predicted molar refractivity (Wildman–Crippen MR) is 296 cm³/mol. The highest BCUT2D eigenvalue weighted by molar-refractivity contribution is 8.77. The summed E-state index contributed by atoms with van der Waals surface area (Å²) in [4.78, 5) is 84.4. The summed E-state index contributed by atoms with van der Waals surface area (Å²) in [7, 11) is -8.60. The van der Waals surface area contributed by atoms with Crippen molar-refractivity contribution in [1.29, 1.82) is 0 Å². The minimum atomic E-state index is -3.72. The fraction of sp³-hybridized carbons (Fsp3) is 0.542. The molecule has 2 aromatic rings. The first-order valence-electron chi connectivity index (χ1n) is 25.0. The fourth-order valence-corrected chi connectivity index (χ4v) is 16.5. The third kappa shape index (κ3) is 15.9. The molecule has 0 bridgehead atoms. The van der Waals surface area contributed by atoms with Gasteiger partial charge < -0.3 is 54.1 Å². The number of sulfone groups is 1. The first-order valence-corrected chi connectivity index (χ1v) is 33.6. The first kappa shape index (κ1) is 62.0. The number of fused-ring (bicyclic) bond motifs is 4. The molecule has 5 aliphatic rings. The lowest BCUT2D eigenvalue weighted by Gasteiger charge is -2.26. The number of hydroxylamine groups is 2. The number of hydrogen-bond donors (Lipinski definition) is 5. The van der Waals surface area contributed by atoms with Crippen molar-refractivity contribution >= 4 is 107 Å². The van der Waals surface area contributed by atoms with Crippen LogP contribution in [0.25, 0.3) is 0 Å². The highest BCUT2D eigenvalue weighted by atomic mass is 33.1. The Bertz CT molecular complexity index is 2960. The monoisotopic (exact) mass is 1230 g/mol. The molecule has 32 heteroatoms. The van der Waals surface area contributed by atoms with Gasteiger partial charge in [0.15, 0.2) is 45.3 Å². The molecule has 440 valence electrons. The Hall–Kier alpha value is -5.56. The van der Waals surface area contributed by atoms with Gasteiger partial charge in [0.05, 0.1) is 86.2 Å². The molecule has 5 heterocycles. The molecule has 3 N–H and O–H groups in total. The molecule has 0 saturated carbocycles. The molecule has 2 aromatic carbocycles. The van der Waals surface area contributed by atoms with E-state index >= 15 is 4.57 Å². The Balaban J connectivity index is 1.01. The molecule has 0 aliphatic carbocycles. The smallest absolute Gasteiger partial charge is 0.334 e. The number of amides is 5. The van der Waals surface area contributed by atoms with Crippen LogP contribution in [0.4, 0.5) is 11.4 Å². The third-order valence-electron chi connectivity index (χ3n) is 13.5. The third-order valence-corrected chi connectivity index (χ3v) is 22.3. The topological polar surface area (TPSA) is 332 Å². The van der Waals surface area contributed by atoms with E-state index in [1.165, 1.54) is 69.9 Å². The molecule has 7 rings (SSSR count). The standard InChI is InChI=1S/C48H63N6O20PS5/c1-28-19-34-44(73-78(62)63)50-32-23-38(36(68-5)21-30(32)46(59)52(34)25-28)70-12-14-75(61,15-13-71-39-24-33-31(22-37(39)69-6)47(60)53-26-29(2)20-35(53)45(51-33)74-79(64)65)27-49-40(55)9-11-48(3,4)77-76-16-18-80(66,67)17-10-43(58)72-54-41(56)7-8-42(54)57/h21-24,34-35,44-45,50-51,78-79H,1-2,7-20,25-27H2,3-6H3,(H,49,55)/t34-,35+,44?,45?,75?. The van der Waals surface area contributed by atoms with Crippen LogP contribution in [0.5, 0.6) is 23.0 Å². The maximum atomic E-state index is 15.0. The van der Waals surface area contributed by atoms with E-state index in [2.05, 4.69) is 29.1 Å². The van der Waals surface area contributed by atoms with Crippen molar-refractivity contribution in [2.24, 2.45) is 0 Å². The van der Waals surface area contributed by atoms with Gasteiger partial charge in [-0.15, -0.1) is 5.06 Å². The lowest BCUT2D eigenvalue weighted by Crippen LogP contribution is -2.44. The van der Waals surface area contributed by atoms with Crippen LogP contribution in [-0.2, 0) is 68.8 Å². The van der Waals surface area contributed by atoms with E-state index in [4.69, 9.17) is 32.2 Å². The minimum Gasteiger partial charge on any atom is -0.493 e. The van der Waals surface area contributed by atoms with Crippen molar-refractivity contribution < 1.29 is 90.7 Å². The number of nitrogens with zero attached hydrogens (tertiary/aromatic N) is 3. The molecule has 5 aliphatic heterocycles. The zero-order valence-electron chi connectivity index (χ0n) is 44.1. The molecule has 0 spiro atoms. The van der Waals surface area contributed by atoms with Gasteiger partial charge in [0, 0.05) is 67.3 Å². The van der Waals surface area contributed by atoms with E-state index in [0.29, 0.717) is 22.6 Å². The van der Waals surface area contributed by atoms with E-state index in [1.54, 1.807) is 0 Å². The first-order chi connectivity index (χ1) is 37.8. The number of nitrogens with one attached hydrogen (secondary N) is 3. The number of benzene rings is 2. The van der Waals surface area contributed by atoms with E-state index in [1.807, 2.05) is 13.8 Å². The molecule has 3 unspecified atom stereocenters. The van der Waals surface area contributed by atoms with Crippen LogP contribution < -0.4 is 34.9 Å². The van der Waals surface area contributed by atoms with Gasteiger partial charge in [0.1, 0.15) is 7.14 Å². The number of methoxy groups -OCH3 is 2. The summed E-state index contributed by atoms with van der Waals surface area (Å²) in [5, 5.41) is 9.17. The second kappa shape index (κ2) is 26.6. The number of thiol groups is 2. The summed E-state index contributed by atoms with van der Waals surface area (Å²) in [5.41, 5.74) is 2.08. The van der Waals surface area contributed by atoms with Crippen molar-refractivity contribution in [3.63, 3.8) is 0 Å². The molecule has 0 aromatic heterocycles. The summed E-state index contributed by atoms with van der Waals surface area (Å²) < 4.78 is 121. The molecular weight excluding hydrogens is 1170 g/mol. The number of carbonyl (C=O) groups excluding carboxylic acids is 6. The normalized spacial score (nSPS) is 20.8. The molecule has 0 radical (unpaired) electrons. The number of hydrogen-bond acceptors (Lipinski definition) is 24. The summed E-state index contributed by atoms with van der Waals surface area (Å²) in [6.07, 6.45) is -2.78. The van der Waals surface area contributed by atoms with Crippen LogP contribution in [-0.4, -0.2) is 181 Å². The second-order valence-corrected chi connectivity index (χ2v) is 29.9. The average Bonchev–Trinajstić information content (AvgIpc) is 4.06. The molecule has 80 heavy (non-hydrogen) atoms. The number of imide groups is 1. The minimum absolute atomic E-state index is 0.0124. The fourth-order valence-electron chi connectivity index (χ4n) is 9.29. The van der Waals surface area contributed by atoms with Gasteiger partial charge in [-0.3, -0.25) is 24.0 Å². The van der Waals surface area contributed by atoms with Gasteiger partial charge >= 0.3 is 5.97 Å². The Kier molecular flexibility index (Phi) is 20.6. The number of anilines is 2. The predicted octanol–water partition coefficient (Wildman–Crippen LogP) is 3.08. The molecule has 3 fully saturated rings. The number of carbonyl (C=O) groups is 6. The largest absolute Gasteiger partial charge is 0.493 e. The zero-order valence-corrected chi connectivity index (χ0v) is 49.3. The van der Waals surface area contributed by atoms with Crippen LogP contribution in [0.3, 0.4) is 0 Å². The van der Waals surface area contributed by atoms with E-state index < -0.39 is 116 Å². The SMILES string of the molecule is C=C1C[C@@H]2C(O[SH](=O)=O)Nc3cc(OCCP(=O)(CCOc4cc5c(cc4OC)C(=O)N4CC(=C)C[C@H]4C(O[SH](=O)=O)N5)CNC(=O)CCC(C)(C)SSCCS(=O)(=O)CCC(=O)ON4C(=O)CCC4=O)c(OC)cc3C(=O)N2C1. The van der Waals surface area contributed by atoms with Crippen LogP contribution in [0.2, 0.25) is 0 Å². The van der Waals surface area contributed by atoms with E-state index in [9.17, 15) is 54.0 Å². The van der Waals surface area contributed by atoms with E-state index in [0.717, 1.165) is 0 Å². The summed E-state index contributed by atoms with van der Waals surface area (Å²) in [6.45, 7) is 11.6. The summed E-state index contributed by atoms with van der Waals surface area (Å²) in [5.74, 6) is -3.89. The Morgan fingerprint density at radius 1 is 0.762 bits per heavy atom. The van der Waals surface area contributed by atoms with Gasteiger partial charge in [0.25, 0.3) is 45.6 Å². The Morgan fingerprint density at radius 3 is 1.71 bits per heavy atom. The van der Waals surface area contributed by atoms with Gasteiger partial charge in [-0.1, -0.05) is 45.9 Å². The van der Waals surface area contributed by atoms with Gasteiger partial charge in [-0.05, 0) is 45.2 Å². The summed E-state index contributed by atoms with van der Waals surface area (Å²) in [6, 6.07) is 4.39. The van der Waals surface area contributed by atoms with Gasteiger partial charge in [0.2, 0.25) is 5.91 Å². The second-order valence-electron chi connectivity index (χ2n) is 19.9. The van der Waals surface area contributed by atoms with Crippen LogP contribution >= 0.6 is 28.7 Å². The quantitative estimate of drug-likeness (QED) is 0.0204. The molecule has 26 nitrogen and oxygen atoms in total. The average molecular weight is 1240 g/mol. The van der Waals surface area contributed by atoms with Gasteiger partial charge in [-0.2, -0.15) is 0 Å². The Labute approximate surface area is 473 Å². The lowest BCUT2D eigenvalue weighted by atomic mass is 10.1. The van der Waals surface area contributed by atoms with Crippen LogP contribution in [0.1, 0.15) is 79.5 Å². The van der Waals surface area contributed by atoms with Crippen molar-refractivity contribution in [2.75, 3.05) is 87.0 Å². The van der Waals surface area contributed by atoms with Crippen molar-refractivity contribution in [3.8, 4) is 23.0 Å².